The molecule has 11 heavy (non-hydrogen) atoms. The summed E-state index contributed by atoms with van der Waals surface area (Å²) in [6, 6.07) is 0. The number of hydrogen-bond donors (Lipinski definition) is 0. The van der Waals surface area contributed by atoms with Crippen LogP contribution in [0.1, 0.15) is 33.1 Å². The number of rotatable bonds is 0. The minimum absolute atomic E-state index is 0.636. The monoisotopic (exact) mass is 148 g/mol. The maximum absolute atomic E-state index is 3.39. The lowest BCUT2D eigenvalue weighted by Crippen LogP contribution is -2.07. The van der Waals surface area contributed by atoms with E-state index in [1.165, 1.54) is 19.3 Å². The van der Waals surface area contributed by atoms with Crippen molar-refractivity contribution in [2.75, 3.05) is 0 Å². The van der Waals surface area contributed by atoms with Gasteiger partial charge in [-0.05, 0) is 31.1 Å². The molecule has 0 bridgehead atoms. The van der Waals surface area contributed by atoms with E-state index in [2.05, 4.69) is 25.7 Å². The molecule has 0 radical (unpaired) electrons. The van der Waals surface area contributed by atoms with E-state index >= 15 is 0 Å². The van der Waals surface area contributed by atoms with E-state index in [0.717, 1.165) is 17.8 Å². The SMILES string of the molecule is CC1C#CC2CC2CCC1C. The van der Waals surface area contributed by atoms with Gasteiger partial charge in [0, 0.05) is 11.8 Å². The molecule has 1 saturated carbocycles. The Morgan fingerprint density at radius 2 is 1.91 bits per heavy atom. The first-order chi connectivity index (χ1) is 5.27. The molecule has 0 nitrogen and oxygen atoms in total. The molecule has 0 aromatic rings. The minimum Gasteiger partial charge on any atom is -0.0996 e. The van der Waals surface area contributed by atoms with Gasteiger partial charge in [0.1, 0.15) is 0 Å². The van der Waals surface area contributed by atoms with Crippen molar-refractivity contribution < 1.29 is 0 Å². The molecule has 1 fully saturated rings. The summed E-state index contributed by atoms with van der Waals surface area (Å²) >= 11 is 0. The van der Waals surface area contributed by atoms with Gasteiger partial charge in [0.15, 0.2) is 0 Å². The number of fused-ring (bicyclic) bond motifs is 1. The molecule has 4 unspecified atom stereocenters. The summed E-state index contributed by atoms with van der Waals surface area (Å²) < 4.78 is 0. The minimum atomic E-state index is 0.636. The molecule has 0 spiro atoms. The van der Waals surface area contributed by atoms with Gasteiger partial charge in [-0.1, -0.05) is 25.7 Å². The van der Waals surface area contributed by atoms with Crippen LogP contribution in [0.5, 0.6) is 0 Å². The van der Waals surface area contributed by atoms with Crippen LogP contribution in [0.3, 0.4) is 0 Å². The molecule has 0 amide bonds. The Balaban J connectivity index is 2.08. The second kappa shape index (κ2) is 2.55. The van der Waals surface area contributed by atoms with Gasteiger partial charge in [0.05, 0.1) is 0 Å². The standard InChI is InChI=1S/C11H16/c1-8-3-5-10-7-11(10)6-4-9(8)2/h8-11H,3,5,7H2,1-2H3. The Bertz CT molecular complexity index is 206. The van der Waals surface area contributed by atoms with Crippen LogP contribution in [0, 0.1) is 35.5 Å². The third kappa shape index (κ3) is 1.43. The van der Waals surface area contributed by atoms with Crippen molar-refractivity contribution in [1.29, 1.82) is 0 Å². The molecular formula is C11H16. The second-order valence-electron chi connectivity index (χ2n) is 4.23. The summed E-state index contributed by atoms with van der Waals surface area (Å²) in [5.74, 6) is 10.0. The first-order valence-corrected chi connectivity index (χ1v) is 4.78. The Labute approximate surface area is 69.4 Å². The lowest BCUT2D eigenvalue weighted by atomic mass is 9.89. The van der Waals surface area contributed by atoms with E-state index in [0.29, 0.717) is 5.92 Å². The normalized spacial score (nSPS) is 47.8. The highest BCUT2D eigenvalue weighted by Crippen LogP contribution is 2.43. The Kier molecular flexibility index (Phi) is 1.68. The van der Waals surface area contributed by atoms with E-state index in [4.69, 9.17) is 0 Å². The largest absolute Gasteiger partial charge is 0.0996 e. The van der Waals surface area contributed by atoms with E-state index in [1.807, 2.05) is 0 Å². The van der Waals surface area contributed by atoms with Crippen LogP contribution in [0.15, 0.2) is 0 Å². The van der Waals surface area contributed by atoms with Gasteiger partial charge in [-0.3, -0.25) is 0 Å². The Morgan fingerprint density at radius 3 is 2.73 bits per heavy atom. The summed E-state index contributed by atoms with van der Waals surface area (Å²) in [7, 11) is 0. The average Bonchev–Trinajstić information content (AvgIpc) is 2.72. The van der Waals surface area contributed by atoms with E-state index in [1.54, 1.807) is 0 Å². The fourth-order valence-electron chi connectivity index (χ4n) is 1.85. The van der Waals surface area contributed by atoms with Crippen LogP contribution in [-0.2, 0) is 0 Å². The highest BCUT2D eigenvalue weighted by atomic mass is 14.4. The fourth-order valence-corrected chi connectivity index (χ4v) is 1.85. The molecule has 4 atom stereocenters. The van der Waals surface area contributed by atoms with Crippen molar-refractivity contribution >= 4 is 0 Å². The Morgan fingerprint density at radius 1 is 1.09 bits per heavy atom. The smallest absolute Gasteiger partial charge is 0.0234 e. The zero-order valence-corrected chi connectivity index (χ0v) is 7.43. The highest BCUT2D eigenvalue weighted by Gasteiger charge is 2.36. The van der Waals surface area contributed by atoms with Crippen molar-refractivity contribution in [3.8, 4) is 11.8 Å². The zero-order chi connectivity index (χ0) is 7.84. The Hall–Kier alpha value is -0.440. The van der Waals surface area contributed by atoms with Crippen LogP contribution in [-0.4, -0.2) is 0 Å². The zero-order valence-electron chi connectivity index (χ0n) is 7.43. The van der Waals surface area contributed by atoms with Crippen molar-refractivity contribution in [3.05, 3.63) is 0 Å². The molecule has 0 heterocycles. The maximum atomic E-state index is 3.39. The van der Waals surface area contributed by atoms with Gasteiger partial charge in [-0.2, -0.15) is 0 Å². The van der Waals surface area contributed by atoms with Crippen molar-refractivity contribution in [3.63, 3.8) is 0 Å². The molecule has 0 aliphatic heterocycles. The molecule has 0 aromatic carbocycles. The molecule has 2 aliphatic rings. The first-order valence-electron chi connectivity index (χ1n) is 4.78. The maximum Gasteiger partial charge on any atom is 0.0234 e. The van der Waals surface area contributed by atoms with E-state index in [9.17, 15) is 0 Å². The topological polar surface area (TPSA) is 0 Å². The molecule has 0 heteroatoms. The van der Waals surface area contributed by atoms with E-state index < -0.39 is 0 Å². The van der Waals surface area contributed by atoms with Crippen LogP contribution in [0.2, 0.25) is 0 Å². The number of hydrogen-bond acceptors (Lipinski definition) is 0. The quantitative estimate of drug-likeness (QED) is 0.463. The van der Waals surface area contributed by atoms with Crippen LogP contribution in [0.4, 0.5) is 0 Å². The summed E-state index contributed by atoms with van der Waals surface area (Å²) in [6.07, 6.45) is 4.23. The van der Waals surface area contributed by atoms with Gasteiger partial charge in [-0.25, -0.2) is 0 Å². The van der Waals surface area contributed by atoms with Gasteiger partial charge in [-0.15, -0.1) is 0 Å². The fraction of sp³-hybridized carbons (Fsp3) is 0.818. The summed E-state index contributed by atoms with van der Waals surface area (Å²) in [5.41, 5.74) is 0. The molecule has 0 N–H and O–H groups in total. The average molecular weight is 148 g/mol. The molecule has 0 aromatic heterocycles. The third-order valence-corrected chi connectivity index (χ3v) is 3.27. The molecule has 60 valence electrons. The highest BCUT2D eigenvalue weighted by molar-refractivity contribution is 5.16. The van der Waals surface area contributed by atoms with Gasteiger partial charge >= 0.3 is 0 Å². The molecule has 2 aliphatic carbocycles. The van der Waals surface area contributed by atoms with Gasteiger partial charge < -0.3 is 0 Å². The van der Waals surface area contributed by atoms with Crippen molar-refractivity contribution in [2.24, 2.45) is 23.7 Å². The molecule has 2 rings (SSSR count). The van der Waals surface area contributed by atoms with Crippen molar-refractivity contribution in [1.82, 2.24) is 0 Å². The van der Waals surface area contributed by atoms with Crippen LogP contribution < -0.4 is 0 Å². The van der Waals surface area contributed by atoms with Gasteiger partial charge in [0.2, 0.25) is 0 Å². The third-order valence-electron chi connectivity index (χ3n) is 3.27. The molecule has 0 saturated heterocycles. The predicted molar refractivity (Wildman–Crippen MR) is 46.9 cm³/mol. The van der Waals surface area contributed by atoms with Crippen LogP contribution >= 0.6 is 0 Å². The lowest BCUT2D eigenvalue weighted by molar-refractivity contribution is 0.407. The van der Waals surface area contributed by atoms with E-state index in [-0.39, 0.29) is 0 Å². The first kappa shape index (κ1) is 7.22. The van der Waals surface area contributed by atoms with Crippen molar-refractivity contribution in [2.45, 2.75) is 33.1 Å². The summed E-state index contributed by atoms with van der Waals surface area (Å²) in [4.78, 5) is 0. The van der Waals surface area contributed by atoms with Gasteiger partial charge in [0.25, 0.3) is 0 Å². The summed E-state index contributed by atoms with van der Waals surface area (Å²) in [6.45, 7) is 4.60. The second-order valence-corrected chi connectivity index (χ2v) is 4.23. The lowest BCUT2D eigenvalue weighted by Gasteiger charge is -2.15. The van der Waals surface area contributed by atoms with Crippen LogP contribution in [0.25, 0.3) is 0 Å². The predicted octanol–water partition coefficient (Wildman–Crippen LogP) is 2.69. The summed E-state index contributed by atoms with van der Waals surface area (Å²) in [5, 5.41) is 0. The molecular weight excluding hydrogens is 132 g/mol.